The lowest BCUT2D eigenvalue weighted by molar-refractivity contribution is -0.147. The molecule has 1 fully saturated rings. The van der Waals surface area contributed by atoms with Gasteiger partial charge in [-0.3, -0.25) is 9.59 Å². The maximum absolute atomic E-state index is 12.3. The molecular formula is C13H23NO3. The average molecular weight is 241 g/mol. The summed E-state index contributed by atoms with van der Waals surface area (Å²) < 4.78 is 0. The van der Waals surface area contributed by atoms with Gasteiger partial charge in [0.2, 0.25) is 5.91 Å². The van der Waals surface area contributed by atoms with Gasteiger partial charge in [-0.15, -0.1) is 0 Å². The van der Waals surface area contributed by atoms with Gasteiger partial charge in [0, 0.05) is 12.0 Å². The standard InChI is InChI=1S/C13H23NO3/c1-3-5-6-10(4-2)13(17)14(9-12(15)16)11-7-8-11/h10-11H,3-9H2,1-2H3,(H,15,16). The van der Waals surface area contributed by atoms with Gasteiger partial charge in [-0.05, 0) is 25.7 Å². The third kappa shape index (κ3) is 4.36. The Bertz CT molecular complexity index is 274. The van der Waals surface area contributed by atoms with E-state index in [1.807, 2.05) is 6.92 Å². The summed E-state index contributed by atoms with van der Waals surface area (Å²) in [5.74, 6) is -0.851. The molecule has 0 radical (unpaired) electrons. The first kappa shape index (κ1) is 14.0. The van der Waals surface area contributed by atoms with Crippen molar-refractivity contribution in [1.82, 2.24) is 4.90 Å². The van der Waals surface area contributed by atoms with Crippen LogP contribution in [0.5, 0.6) is 0 Å². The Balaban J connectivity index is 2.57. The Morgan fingerprint density at radius 3 is 2.41 bits per heavy atom. The van der Waals surface area contributed by atoms with E-state index >= 15 is 0 Å². The molecule has 1 N–H and O–H groups in total. The number of aliphatic carboxylic acids is 1. The Morgan fingerprint density at radius 1 is 1.35 bits per heavy atom. The molecular weight excluding hydrogens is 218 g/mol. The third-order valence-corrected chi connectivity index (χ3v) is 3.32. The monoisotopic (exact) mass is 241 g/mol. The van der Waals surface area contributed by atoms with Crippen molar-refractivity contribution in [3.63, 3.8) is 0 Å². The zero-order valence-electron chi connectivity index (χ0n) is 10.8. The van der Waals surface area contributed by atoms with Crippen molar-refractivity contribution in [1.29, 1.82) is 0 Å². The molecule has 98 valence electrons. The van der Waals surface area contributed by atoms with Crippen LogP contribution in [-0.2, 0) is 9.59 Å². The van der Waals surface area contributed by atoms with Crippen molar-refractivity contribution in [3.05, 3.63) is 0 Å². The number of amides is 1. The molecule has 1 amide bonds. The van der Waals surface area contributed by atoms with Crippen LogP contribution in [0, 0.1) is 5.92 Å². The first-order valence-corrected chi connectivity index (χ1v) is 6.62. The van der Waals surface area contributed by atoms with Crippen LogP contribution >= 0.6 is 0 Å². The second kappa shape index (κ2) is 6.62. The largest absolute Gasteiger partial charge is 0.480 e. The van der Waals surface area contributed by atoms with Crippen molar-refractivity contribution in [2.45, 2.75) is 58.4 Å². The summed E-state index contributed by atoms with van der Waals surface area (Å²) in [5.41, 5.74) is 0. The van der Waals surface area contributed by atoms with Crippen LogP contribution in [-0.4, -0.2) is 34.5 Å². The van der Waals surface area contributed by atoms with Crippen molar-refractivity contribution < 1.29 is 14.7 Å². The topological polar surface area (TPSA) is 57.6 Å². The highest BCUT2D eigenvalue weighted by Gasteiger charge is 2.36. The SMILES string of the molecule is CCCCC(CC)C(=O)N(CC(=O)O)C1CC1. The predicted octanol–water partition coefficient (Wildman–Crippen LogP) is 2.28. The van der Waals surface area contributed by atoms with Crippen molar-refractivity contribution >= 4 is 11.9 Å². The minimum Gasteiger partial charge on any atom is -0.480 e. The lowest BCUT2D eigenvalue weighted by Crippen LogP contribution is -2.41. The van der Waals surface area contributed by atoms with Crippen LogP contribution in [0.25, 0.3) is 0 Å². The fourth-order valence-electron chi connectivity index (χ4n) is 2.11. The van der Waals surface area contributed by atoms with Crippen LogP contribution < -0.4 is 0 Å². The van der Waals surface area contributed by atoms with Crippen LogP contribution in [0.3, 0.4) is 0 Å². The number of hydrogen-bond donors (Lipinski definition) is 1. The minimum absolute atomic E-state index is 0.00917. The number of nitrogens with zero attached hydrogens (tertiary/aromatic N) is 1. The summed E-state index contributed by atoms with van der Waals surface area (Å²) in [5, 5.41) is 8.85. The summed E-state index contributed by atoms with van der Waals surface area (Å²) in [4.78, 5) is 24.6. The minimum atomic E-state index is -0.907. The van der Waals surface area contributed by atoms with Crippen LogP contribution in [0.15, 0.2) is 0 Å². The van der Waals surface area contributed by atoms with Gasteiger partial charge in [-0.1, -0.05) is 26.7 Å². The molecule has 4 nitrogen and oxygen atoms in total. The van der Waals surface area contributed by atoms with Gasteiger partial charge >= 0.3 is 5.97 Å². The zero-order chi connectivity index (χ0) is 12.8. The fourth-order valence-corrected chi connectivity index (χ4v) is 2.11. The maximum atomic E-state index is 12.3. The molecule has 1 aliphatic carbocycles. The number of carbonyl (C=O) groups is 2. The number of hydrogen-bond acceptors (Lipinski definition) is 2. The maximum Gasteiger partial charge on any atom is 0.323 e. The first-order valence-electron chi connectivity index (χ1n) is 6.62. The lowest BCUT2D eigenvalue weighted by atomic mass is 9.97. The molecule has 0 aliphatic heterocycles. The smallest absolute Gasteiger partial charge is 0.323 e. The third-order valence-electron chi connectivity index (χ3n) is 3.32. The van der Waals surface area contributed by atoms with Gasteiger partial charge in [-0.2, -0.15) is 0 Å². The Kier molecular flexibility index (Phi) is 5.45. The summed E-state index contributed by atoms with van der Waals surface area (Å²) in [6.07, 6.45) is 5.73. The summed E-state index contributed by atoms with van der Waals surface area (Å²) in [7, 11) is 0. The van der Waals surface area contributed by atoms with Crippen molar-refractivity contribution in [2.24, 2.45) is 5.92 Å². The van der Waals surface area contributed by atoms with Crippen LogP contribution in [0.2, 0.25) is 0 Å². The molecule has 1 unspecified atom stereocenters. The Morgan fingerprint density at radius 2 is 2.00 bits per heavy atom. The highest BCUT2D eigenvalue weighted by Crippen LogP contribution is 2.29. The van der Waals surface area contributed by atoms with E-state index in [-0.39, 0.29) is 24.4 Å². The van der Waals surface area contributed by atoms with E-state index in [1.54, 1.807) is 4.90 Å². The van der Waals surface area contributed by atoms with E-state index in [0.717, 1.165) is 38.5 Å². The van der Waals surface area contributed by atoms with Gasteiger partial charge in [0.25, 0.3) is 0 Å². The summed E-state index contributed by atoms with van der Waals surface area (Å²) in [6, 6.07) is 0.189. The van der Waals surface area contributed by atoms with Crippen LogP contribution in [0.1, 0.15) is 52.4 Å². The number of carboxylic acid groups (broad SMARTS) is 1. The summed E-state index contributed by atoms with van der Waals surface area (Å²) in [6.45, 7) is 3.98. The van der Waals surface area contributed by atoms with E-state index in [2.05, 4.69) is 6.92 Å². The highest BCUT2D eigenvalue weighted by atomic mass is 16.4. The molecule has 0 aromatic carbocycles. The number of unbranched alkanes of at least 4 members (excludes halogenated alkanes) is 1. The van der Waals surface area contributed by atoms with E-state index in [9.17, 15) is 9.59 Å². The van der Waals surface area contributed by atoms with Gasteiger partial charge in [0.1, 0.15) is 6.54 Å². The molecule has 0 aromatic rings. The number of carboxylic acids is 1. The normalized spacial score (nSPS) is 16.6. The van der Waals surface area contributed by atoms with E-state index in [1.165, 1.54) is 0 Å². The lowest BCUT2D eigenvalue weighted by Gasteiger charge is -2.25. The Labute approximate surface area is 103 Å². The molecule has 0 bridgehead atoms. The molecule has 0 saturated heterocycles. The van der Waals surface area contributed by atoms with Gasteiger partial charge in [0.15, 0.2) is 0 Å². The average Bonchev–Trinajstić information content (AvgIpc) is 3.10. The van der Waals surface area contributed by atoms with E-state index in [4.69, 9.17) is 5.11 Å². The van der Waals surface area contributed by atoms with Crippen LogP contribution in [0.4, 0.5) is 0 Å². The molecule has 1 aliphatic rings. The summed E-state index contributed by atoms with van der Waals surface area (Å²) >= 11 is 0. The predicted molar refractivity (Wildman–Crippen MR) is 65.7 cm³/mol. The van der Waals surface area contributed by atoms with Crippen molar-refractivity contribution in [3.8, 4) is 0 Å². The molecule has 4 heteroatoms. The quantitative estimate of drug-likeness (QED) is 0.709. The van der Waals surface area contributed by atoms with Gasteiger partial charge < -0.3 is 10.0 Å². The molecule has 1 saturated carbocycles. The number of carbonyl (C=O) groups excluding carboxylic acids is 1. The molecule has 1 rings (SSSR count). The second-order valence-corrected chi connectivity index (χ2v) is 4.84. The molecule has 1 atom stereocenters. The molecule has 17 heavy (non-hydrogen) atoms. The highest BCUT2D eigenvalue weighted by molar-refractivity contribution is 5.83. The Hall–Kier alpha value is -1.06. The van der Waals surface area contributed by atoms with Gasteiger partial charge in [-0.25, -0.2) is 0 Å². The second-order valence-electron chi connectivity index (χ2n) is 4.84. The zero-order valence-corrected chi connectivity index (χ0v) is 10.8. The molecule has 0 heterocycles. The van der Waals surface area contributed by atoms with E-state index in [0.29, 0.717) is 0 Å². The molecule has 0 aromatic heterocycles. The molecule has 0 spiro atoms. The fraction of sp³-hybridized carbons (Fsp3) is 0.846. The van der Waals surface area contributed by atoms with Gasteiger partial charge in [0.05, 0.1) is 0 Å². The number of rotatable bonds is 8. The van der Waals surface area contributed by atoms with E-state index < -0.39 is 5.97 Å². The first-order chi connectivity index (χ1) is 8.10. The van der Waals surface area contributed by atoms with Crippen molar-refractivity contribution in [2.75, 3.05) is 6.54 Å².